The molecule has 1 rings (SSSR count). The van der Waals surface area contributed by atoms with Crippen LogP contribution >= 0.6 is 11.3 Å². The number of carbonyl (C=O) groups excluding carboxylic acids is 2. The summed E-state index contributed by atoms with van der Waals surface area (Å²) in [5.74, 6) is -1.71. The molecule has 0 spiro atoms. The van der Waals surface area contributed by atoms with Crippen LogP contribution in [-0.2, 0) is 19.8 Å². The lowest BCUT2D eigenvalue weighted by molar-refractivity contribution is -0.150. The summed E-state index contributed by atoms with van der Waals surface area (Å²) in [6, 6.07) is -0.0406. The predicted molar refractivity (Wildman–Crippen MR) is 134 cm³/mol. The first-order chi connectivity index (χ1) is 15.1. The van der Waals surface area contributed by atoms with Gasteiger partial charge in [-0.1, -0.05) is 54.5 Å². The minimum absolute atomic E-state index is 0.125. The fraction of sp³-hybridized carbons (Fsp3) is 0.640. The lowest BCUT2D eigenvalue weighted by Crippen LogP contribution is -2.65. The number of likely N-dealkylation sites (N-methyl/N-ethyl adjacent to an activating group) is 2. The van der Waals surface area contributed by atoms with Gasteiger partial charge in [0.05, 0.1) is 12.1 Å². The minimum Gasteiger partial charge on any atom is -0.478 e. The van der Waals surface area contributed by atoms with E-state index in [0.717, 1.165) is 5.56 Å². The van der Waals surface area contributed by atoms with Crippen molar-refractivity contribution in [1.82, 2.24) is 15.5 Å². The molecule has 186 valence electrons. The van der Waals surface area contributed by atoms with Gasteiger partial charge in [-0.25, -0.2) is 4.79 Å². The number of carboxylic acid groups (broad SMARTS) is 1. The van der Waals surface area contributed by atoms with E-state index < -0.39 is 34.9 Å². The van der Waals surface area contributed by atoms with E-state index in [1.807, 2.05) is 65.3 Å². The average molecular weight is 480 g/mol. The van der Waals surface area contributed by atoms with Crippen LogP contribution in [0.2, 0.25) is 0 Å². The predicted octanol–water partition coefficient (Wildman–Crippen LogP) is 3.66. The second kappa shape index (κ2) is 11.3. The van der Waals surface area contributed by atoms with Crippen molar-refractivity contribution in [3.8, 4) is 0 Å². The number of nitrogens with one attached hydrogen (secondary N) is 2. The molecule has 1 heterocycles. The molecule has 0 saturated carbocycles. The molecule has 0 bridgehead atoms. The number of amides is 2. The van der Waals surface area contributed by atoms with Gasteiger partial charge in [0, 0.05) is 18.0 Å². The van der Waals surface area contributed by atoms with Crippen LogP contribution in [0.4, 0.5) is 0 Å². The highest BCUT2D eigenvalue weighted by Crippen LogP contribution is 2.35. The van der Waals surface area contributed by atoms with Crippen molar-refractivity contribution in [3.05, 3.63) is 34.0 Å². The Hall–Kier alpha value is -2.19. The summed E-state index contributed by atoms with van der Waals surface area (Å²) in [5.41, 5.74) is -0.0130. The van der Waals surface area contributed by atoms with Crippen molar-refractivity contribution in [1.29, 1.82) is 0 Å². The Kier molecular flexibility index (Phi) is 9.87. The molecule has 1 aromatic rings. The van der Waals surface area contributed by atoms with Crippen molar-refractivity contribution in [3.63, 3.8) is 0 Å². The highest BCUT2D eigenvalue weighted by molar-refractivity contribution is 7.08. The Morgan fingerprint density at radius 2 is 1.70 bits per heavy atom. The normalized spacial score (nSPS) is 15.7. The number of hydrogen-bond acceptors (Lipinski definition) is 5. The van der Waals surface area contributed by atoms with E-state index in [1.54, 1.807) is 36.4 Å². The van der Waals surface area contributed by atoms with E-state index in [1.165, 1.54) is 6.92 Å². The quantitative estimate of drug-likeness (QED) is 0.445. The third-order valence-electron chi connectivity index (χ3n) is 6.13. The fourth-order valence-electron chi connectivity index (χ4n) is 4.18. The number of thiophene rings is 1. The molecule has 0 radical (unpaired) electrons. The summed E-state index contributed by atoms with van der Waals surface area (Å²) in [5, 5.41) is 19.4. The Morgan fingerprint density at radius 3 is 2.06 bits per heavy atom. The van der Waals surface area contributed by atoms with Gasteiger partial charge in [-0.2, -0.15) is 11.3 Å². The maximum atomic E-state index is 14.3. The van der Waals surface area contributed by atoms with E-state index in [9.17, 15) is 19.5 Å². The van der Waals surface area contributed by atoms with Crippen LogP contribution in [0, 0.1) is 11.3 Å². The third kappa shape index (κ3) is 6.67. The average Bonchev–Trinajstić information content (AvgIpc) is 3.24. The highest BCUT2D eigenvalue weighted by Gasteiger charge is 2.47. The summed E-state index contributed by atoms with van der Waals surface area (Å²) < 4.78 is 0. The second-order valence-corrected chi connectivity index (χ2v) is 11.3. The molecule has 33 heavy (non-hydrogen) atoms. The summed E-state index contributed by atoms with van der Waals surface area (Å²) in [6.45, 7) is 15.1. The molecule has 3 atom stereocenters. The van der Waals surface area contributed by atoms with Gasteiger partial charge < -0.3 is 20.6 Å². The van der Waals surface area contributed by atoms with Crippen molar-refractivity contribution in [2.45, 2.75) is 78.9 Å². The molecule has 7 nitrogen and oxygen atoms in total. The van der Waals surface area contributed by atoms with Crippen LogP contribution in [0.25, 0.3) is 0 Å². The van der Waals surface area contributed by atoms with Crippen molar-refractivity contribution in [2.24, 2.45) is 11.3 Å². The fourth-order valence-corrected chi connectivity index (χ4v) is 5.01. The zero-order chi connectivity index (χ0) is 25.7. The Bertz CT molecular complexity index is 854. The van der Waals surface area contributed by atoms with Crippen molar-refractivity contribution < 1.29 is 19.5 Å². The second-order valence-electron chi connectivity index (χ2n) is 10.5. The van der Waals surface area contributed by atoms with Gasteiger partial charge in [0.2, 0.25) is 11.8 Å². The number of carboxylic acids is 1. The topological polar surface area (TPSA) is 98.7 Å². The Labute approximate surface area is 202 Å². The number of nitrogens with zero attached hydrogens (tertiary/aromatic N) is 1. The van der Waals surface area contributed by atoms with Crippen LogP contribution in [0.3, 0.4) is 0 Å². The smallest absolute Gasteiger partial charge is 0.331 e. The summed E-state index contributed by atoms with van der Waals surface area (Å²) >= 11 is 1.56. The van der Waals surface area contributed by atoms with Gasteiger partial charge in [0.25, 0.3) is 0 Å². The molecule has 0 aliphatic rings. The molecule has 0 fully saturated rings. The van der Waals surface area contributed by atoms with E-state index >= 15 is 0 Å². The molecular weight excluding hydrogens is 438 g/mol. The number of rotatable bonds is 10. The Morgan fingerprint density at radius 1 is 1.12 bits per heavy atom. The molecule has 1 aromatic heterocycles. The molecule has 0 saturated heterocycles. The molecule has 8 heteroatoms. The first-order valence-electron chi connectivity index (χ1n) is 11.3. The van der Waals surface area contributed by atoms with Gasteiger partial charge in [0.15, 0.2) is 0 Å². The molecule has 0 aliphatic heterocycles. The SMILES string of the molecule is CNC(=O)[C@@H](N(C(=O)[C@@H](NC)C(C)(C)c1ccsc1)[C@H](/C=C(\C)C(=O)O)C(C)C)C(C)(C)C. The van der Waals surface area contributed by atoms with Crippen molar-refractivity contribution >= 4 is 29.1 Å². The van der Waals surface area contributed by atoms with Crippen molar-refractivity contribution in [2.75, 3.05) is 14.1 Å². The zero-order valence-electron chi connectivity index (χ0n) is 21.6. The molecule has 3 N–H and O–H groups in total. The maximum Gasteiger partial charge on any atom is 0.331 e. The highest BCUT2D eigenvalue weighted by atomic mass is 32.1. The van der Waals surface area contributed by atoms with Crippen LogP contribution < -0.4 is 10.6 Å². The minimum atomic E-state index is -1.05. The Balaban J connectivity index is 3.81. The number of hydrogen-bond donors (Lipinski definition) is 3. The lowest BCUT2D eigenvalue weighted by Gasteiger charge is -2.47. The maximum absolute atomic E-state index is 14.3. The molecule has 0 unspecified atom stereocenters. The monoisotopic (exact) mass is 479 g/mol. The first kappa shape index (κ1) is 28.8. The lowest BCUT2D eigenvalue weighted by atomic mass is 9.76. The van der Waals surface area contributed by atoms with E-state index in [-0.39, 0.29) is 23.3 Å². The first-order valence-corrected chi connectivity index (χ1v) is 12.2. The van der Waals surface area contributed by atoms with E-state index in [0.29, 0.717) is 0 Å². The molecule has 0 aromatic carbocycles. The molecule has 0 aliphatic carbocycles. The van der Waals surface area contributed by atoms with Crippen LogP contribution in [-0.4, -0.2) is 60.0 Å². The summed E-state index contributed by atoms with van der Waals surface area (Å²) in [7, 11) is 3.29. The van der Waals surface area contributed by atoms with Gasteiger partial charge in [-0.05, 0) is 47.7 Å². The number of carbonyl (C=O) groups is 3. The van der Waals surface area contributed by atoms with Crippen LogP contribution in [0.15, 0.2) is 28.5 Å². The molecular formula is C25H41N3O4S. The number of aliphatic carboxylic acids is 1. The summed E-state index contributed by atoms with van der Waals surface area (Å²) in [4.78, 5) is 40.8. The molecule has 2 amide bonds. The zero-order valence-corrected chi connectivity index (χ0v) is 22.5. The standard InChI is InChI=1S/C25H41N3O4S/c1-15(2)18(13-16(3)23(31)32)28(20(21(29)27-10)24(4,5)6)22(30)19(26-9)25(7,8)17-11-12-33-14-17/h11-15,18-20,26H,1-10H3,(H,27,29)(H,31,32)/b16-13+/t18-,19-,20-/m1/s1. The van der Waals surface area contributed by atoms with Crippen LogP contribution in [0.5, 0.6) is 0 Å². The third-order valence-corrected chi connectivity index (χ3v) is 6.82. The van der Waals surface area contributed by atoms with Gasteiger partial charge in [-0.15, -0.1) is 0 Å². The van der Waals surface area contributed by atoms with Gasteiger partial charge >= 0.3 is 5.97 Å². The van der Waals surface area contributed by atoms with Crippen LogP contribution in [0.1, 0.15) is 61.0 Å². The van der Waals surface area contributed by atoms with Gasteiger partial charge in [-0.3, -0.25) is 9.59 Å². The summed E-state index contributed by atoms with van der Waals surface area (Å²) in [6.07, 6.45) is 1.59. The largest absolute Gasteiger partial charge is 0.478 e. The van der Waals surface area contributed by atoms with E-state index in [4.69, 9.17) is 0 Å². The van der Waals surface area contributed by atoms with Gasteiger partial charge in [0.1, 0.15) is 6.04 Å². The van der Waals surface area contributed by atoms with E-state index in [2.05, 4.69) is 10.6 Å².